The van der Waals surface area contributed by atoms with Crippen LogP contribution < -0.4 is 5.73 Å². The van der Waals surface area contributed by atoms with Crippen molar-refractivity contribution in [2.75, 3.05) is 25.4 Å². The van der Waals surface area contributed by atoms with Crippen LogP contribution in [-0.2, 0) is 12.8 Å². The molecule has 1 saturated heterocycles. The highest BCUT2D eigenvalue weighted by Gasteiger charge is 2.20. The number of H-pyrrole nitrogens is 1. The Morgan fingerprint density at radius 3 is 2.77 bits per heavy atom. The predicted molar refractivity (Wildman–Crippen MR) is 103 cm³/mol. The smallest absolute Gasteiger partial charge is 0.153 e. The number of aromatic amines is 1. The number of aromatic nitrogens is 4. The molecule has 0 bridgehead atoms. The number of hydrogen-bond acceptors (Lipinski definition) is 5. The number of likely N-dealkylation sites (tertiary alicyclic amines) is 1. The number of nitrogens with one attached hydrogen (secondary N) is 1. The minimum absolute atomic E-state index is 0.497. The van der Waals surface area contributed by atoms with Crippen LogP contribution in [0.25, 0.3) is 11.0 Å². The quantitative estimate of drug-likeness (QED) is 0.633. The fourth-order valence-electron chi connectivity index (χ4n) is 3.61. The summed E-state index contributed by atoms with van der Waals surface area (Å²) in [5, 5.41) is 7.40. The molecule has 2 aromatic rings. The first kappa shape index (κ1) is 19.0. The van der Waals surface area contributed by atoms with E-state index in [1.807, 2.05) is 0 Å². The Kier molecular flexibility index (Phi) is 6.77. The van der Waals surface area contributed by atoms with Gasteiger partial charge in [0.15, 0.2) is 5.82 Å². The van der Waals surface area contributed by atoms with Crippen LogP contribution in [0.5, 0.6) is 0 Å². The lowest BCUT2D eigenvalue weighted by atomic mass is 10.1. The molecule has 6 nitrogen and oxygen atoms in total. The summed E-state index contributed by atoms with van der Waals surface area (Å²) in [6.07, 6.45) is 8.60. The lowest BCUT2D eigenvalue weighted by molar-refractivity contribution is 0.283. The van der Waals surface area contributed by atoms with Gasteiger partial charge in [-0.3, -0.25) is 5.10 Å². The van der Waals surface area contributed by atoms with Crippen LogP contribution in [0.1, 0.15) is 63.4 Å². The van der Waals surface area contributed by atoms with Gasteiger partial charge in [-0.1, -0.05) is 26.2 Å². The molecule has 0 amide bonds. The van der Waals surface area contributed by atoms with Crippen molar-refractivity contribution >= 4 is 16.9 Å². The molecule has 1 aliphatic heterocycles. The Bertz CT molecular complexity index is 701. The van der Waals surface area contributed by atoms with E-state index in [9.17, 15) is 4.39 Å². The van der Waals surface area contributed by atoms with Crippen molar-refractivity contribution in [3.8, 4) is 0 Å². The van der Waals surface area contributed by atoms with Gasteiger partial charge in [0.25, 0.3) is 0 Å². The third kappa shape index (κ3) is 4.90. The number of anilines is 1. The number of nitrogen functional groups attached to an aromatic ring is 1. The molecule has 0 radical (unpaired) electrons. The molecule has 2 aromatic heterocycles. The maximum Gasteiger partial charge on any atom is 0.153 e. The topological polar surface area (TPSA) is 83.7 Å². The summed E-state index contributed by atoms with van der Waals surface area (Å²) in [4.78, 5) is 11.3. The largest absolute Gasteiger partial charge is 0.382 e. The van der Waals surface area contributed by atoms with E-state index in [0.717, 1.165) is 80.6 Å². The molecule has 0 aliphatic carbocycles. The standard InChI is InChI=1S/C19H31FN6/c1-2-3-9-16-22-17-15(24-25-18(17)19(21)23-16)8-6-4-5-7-11-26-12-10-14(20)13-26/h14H,2-13H2,1H3,(H,24,25)(H2,21,22,23)/t14-/m1/s1. The molecule has 3 N–H and O–H groups in total. The minimum Gasteiger partial charge on any atom is -0.382 e. The molecule has 0 aromatic carbocycles. The van der Waals surface area contributed by atoms with Crippen molar-refractivity contribution in [3.05, 3.63) is 11.5 Å². The molecule has 3 heterocycles. The summed E-state index contributed by atoms with van der Waals surface area (Å²) in [7, 11) is 0. The van der Waals surface area contributed by atoms with Crippen LogP contribution in [0.4, 0.5) is 10.2 Å². The zero-order valence-electron chi connectivity index (χ0n) is 15.8. The normalized spacial score (nSPS) is 18.2. The molecule has 1 fully saturated rings. The van der Waals surface area contributed by atoms with Gasteiger partial charge in [-0.05, 0) is 38.6 Å². The maximum atomic E-state index is 13.1. The fraction of sp³-hybridized carbons (Fsp3) is 0.737. The number of rotatable bonds is 10. The van der Waals surface area contributed by atoms with E-state index < -0.39 is 6.17 Å². The highest BCUT2D eigenvalue weighted by atomic mass is 19.1. The molecule has 7 heteroatoms. The first-order valence-electron chi connectivity index (χ1n) is 10.0. The second-order valence-corrected chi connectivity index (χ2v) is 7.37. The second kappa shape index (κ2) is 9.26. The van der Waals surface area contributed by atoms with Crippen molar-refractivity contribution in [3.63, 3.8) is 0 Å². The van der Waals surface area contributed by atoms with Crippen LogP contribution in [0.3, 0.4) is 0 Å². The van der Waals surface area contributed by atoms with Gasteiger partial charge in [0, 0.05) is 19.5 Å². The summed E-state index contributed by atoms with van der Waals surface area (Å²) in [5.41, 5.74) is 8.69. The lowest BCUT2D eigenvalue weighted by Crippen LogP contribution is -2.22. The highest BCUT2D eigenvalue weighted by Crippen LogP contribution is 2.21. The summed E-state index contributed by atoms with van der Waals surface area (Å²) in [6, 6.07) is 0. The van der Waals surface area contributed by atoms with Crippen LogP contribution in [-0.4, -0.2) is 50.9 Å². The average Bonchev–Trinajstić information content (AvgIpc) is 3.22. The van der Waals surface area contributed by atoms with Gasteiger partial charge in [0.1, 0.15) is 23.0 Å². The van der Waals surface area contributed by atoms with Gasteiger partial charge < -0.3 is 10.6 Å². The van der Waals surface area contributed by atoms with Gasteiger partial charge in [-0.15, -0.1) is 0 Å². The number of halogens is 1. The van der Waals surface area contributed by atoms with Crippen LogP contribution in [0.15, 0.2) is 0 Å². The third-order valence-corrected chi connectivity index (χ3v) is 5.17. The van der Waals surface area contributed by atoms with E-state index in [-0.39, 0.29) is 0 Å². The first-order valence-corrected chi connectivity index (χ1v) is 10.0. The Balaban J connectivity index is 1.45. The van der Waals surface area contributed by atoms with E-state index in [1.54, 1.807) is 0 Å². The minimum atomic E-state index is -0.611. The van der Waals surface area contributed by atoms with Crippen molar-refractivity contribution in [1.29, 1.82) is 0 Å². The van der Waals surface area contributed by atoms with E-state index in [0.29, 0.717) is 18.8 Å². The Morgan fingerprint density at radius 2 is 2.00 bits per heavy atom. The second-order valence-electron chi connectivity index (χ2n) is 7.37. The molecule has 0 unspecified atom stereocenters. The van der Waals surface area contributed by atoms with E-state index >= 15 is 0 Å². The van der Waals surface area contributed by atoms with Gasteiger partial charge in [-0.25, -0.2) is 14.4 Å². The Hall–Kier alpha value is -1.76. The van der Waals surface area contributed by atoms with Crippen molar-refractivity contribution in [1.82, 2.24) is 25.1 Å². The number of fused-ring (bicyclic) bond motifs is 1. The van der Waals surface area contributed by atoms with Gasteiger partial charge in [0.05, 0.1) is 5.69 Å². The number of nitrogens with two attached hydrogens (primary N) is 1. The monoisotopic (exact) mass is 362 g/mol. The lowest BCUT2D eigenvalue weighted by Gasteiger charge is -2.13. The zero-order chi connectivity index (χ0) is 18.4. The molecule has 1 atom stereocenters. The van der Waals surface area contributed by atoms with Crippen molar-refractivity contribution in [2.24, 2.45) is 0 Å². The van der Waals surface area contributed by atoms with Crippen LogP contribution >= 0.6 is 0 Å². The molecule has 144 valence electrons. The molecule has 1 aliphatic rings. The molecular formula is C19H31FN6. The van der Waals surface area contributed by atoms with E-state index in [4.69, 9.17) is 5.73 Å². The van der Waals surface area contributed by atoms with Crippen molar-refractivity contribution < 1.29 is 4.39 Å². The highest BCUT2D eigenvalue weighted by molar-refractivity contribution is 5.85. The number of nitrogens with zero attached hydrogens (tertiary/aromatic N) is 4. The molecule has 26 heavy (non-hydrogen) atoms. The number of hydrogen-bond donors (Lipinski definition) is 2. The summed E-state index contributed by atoms with van der Waals surface area (Å²) < 4.78 is 13.1. The van der Waals surface area contributed by atoms with Crippen LogP contribution in [0.2, 0.25) is 0 Å². The molecular weight excluding hydrogens is 331 g/mol. The van der Waals surface area contributed by atoms with Crippen molar-refractivity contribution in [2.45, 2.75) is 70.9 Å². The number of aryl methyl sites for hydroxylation is 2. The maximum absolute atomic E-state index is 13.1. The zero-order valence-corrected chi connectivity index (χ0v) is 15.8. The molecule has 0 spiro atoms. The van der Waals surface area contributed by atoms with Gasteiger partial charge in [-0.2, -0.15) is 5.10 Å². The molecule has 0 saturated carbocycles. The van der Waals surface area contributed by atoms with Crippen LogP contribution in [0, 0.1) is 0 Å². The third-order valence-electron chi connectivity index (χ3n) is 5.17. The summed E-state index contributed by atoms with van der Waals surface area (Å²) in [6.45, 7) is 4.73. The van der Waals surface area contributed by atoms with E-state index in [2.05, 4.69) is 32.0 Å². The Morgan fingerprint density at radius 1 is 1.15 bits per heavy atom. The summed E-state index contributed by atoms with van der Waals surface area (Å²) >= 11 is 0. The van der Waals surface area contributed by atoms with Gasteiger partial charge in [0.2, 0.25) is 0 Å². The summed E-state index contributed by atoms with van der Waals surface area (Å²) in [5.74, 6) is 1.31. The SMILES string of the molecule is CCCCc1nc(N)c2[nH]nc(CCCCCCN3CC[C@@H](F)C3)c2n1. The van der Waals surface area contributed by atoms with Gasteiger partial charge >= 0.3 is 0 Å². The fourth-order valence-corrected chi connectivity index (χ4v) is 3.61. The Labute approximate surface area is 154 Å². The van der Waals surface area contributed by atoms with E-state index in [1.165, 1.54) is 6.42 Å². The first-order chi connectivity index (χ1) is 12.7. The average molecular weight is 362 g/mol. The number of alkyl halides is 1. The predicted octanol–water partition coefficient (Wildman–Crippen LogP) is 3.42. The number of unbranched alkanes of at least 4 members (excludes halogenated alkanes) is 4. The molecule has 3 rings (SSSR count).